The van der Waals surface area contributed by atoms with E-state index in [1.165, 1.54) is 22.4 Å². The highest BCUT2D eigenvalue weighted by molar-refractivity contribution is 6.26. The van der Waals surface area contributed by atoms with Gasteiger partial charge >= 0.3 is 5.97 Å². The lowest BCUT2D eigenvalue weighted by Crippen LogP contribution is -3.15. The molecule has 1 fully saturated rings. The molecule has 4 rings (SSSR count). The Hall–Kier alpha value is -3.19. The number of anilines is 2. The number of benzene rings is 2. The number of hydrogen-bond acceptors (Lipinski definition) is 4. The van der Waals surface area contributed by atoms with E-state index in [0.717, 1.165) is 37.3 Å². The van der Waals surface area contributed by atoms with Gasteiger partial charge < -0.3 is 19.9 Å². The Morgan fingerprint density at radius 2 is 1.38 bits per heavy atom. The molecule has 1 saturated heterocycles. The van der Waals surface area contributed by atoms with Crippen molar-refractivity contribution in [3.05, 3.63) is 59.7 Å². The average molecular weight is 439 g/mol. The summed E-state index contributed by atoms with van der Waals surface area (Å²) in [7, 11) is 0. The molecule has 0 bridgehead atoms. The second-order valence-corrected chi connectivity index (χ2v) is 8.86. The number of piperidine rings is 1. The van der Waals surface area contributed by atoms with Gasteiger partial charge in [0, 0.05) is 11.8 Å². The minimum atomic E-state index is -2.07. The molecule has 32 heavy (non-hydrogen) atoms. The standard InChI is InChI=1S/C23H28N2O.C2H2O4/c1-17-13-18(2)15-24(14-17)16-23(26)25-21-9-5-3-7-19(21)11-12-20-8-4-6-10-22(20)25;3-1(4)2(5)6/h3-10,17-18H,11-16H2,1-2H3;(H,3,4)(H,5,6). The molecule has 170 valence electrons. The van der Waals surface area contributed by atoms with Gasteiger partial charge in [0.15, 0.2) is 12.5 Å². The summed E-state index contributed by atoms with van der Waals surface area (Å²) < 4.78 is 0. The number of quaternary nitrogens is 1. The number of amides is 1. The van der Waals surface area contributed by atoms with Crippen LogP contribution in [0.3, 0.4) is 0 Å². The van der Waals surface area contributed by atoms with Crippen molar-refractivity contribution in [3.8, 4) is 0 Å². The number of carboxylic acid groups (broad SMARTS) is 2. The van der Waals surface area contributed by atoms with Crippen LogP contribution in [0.25, 0.3) is 0 Å². The molecule has 2 aromatic rings. The molecule has 0 saturated carbocycles. The monoisotopic (exact) mass is 438 g/mol. The molecular formula is C25H30N2O5. The maximum Gasteiger partial charge on any atom is 0.351 e. The van der Waals surface area contributed by atoms with Gasteiger partial charge in [-0.1, -0.05) is 50.2 Å². The number of likely N-dealkylation sites (tertiary alicyclic amines) is 1. The molecule has 0 radical (unpaired) electrons. The molecule has 0 aromatic heterocycles. The Labute approximate surface area is 188 Å². The first-order valence-electron chi connectivity index (χ1n) is 11.0. The smallest absolute Gasteiger partial charge is 0.351 e. The largest absolute Gasteiger partial charge is 0.539 e. The van der Waals surface area contributed by atoms with Gasteiger partial charge in [-0.25, -0.2) is 4.79 Å². The molecule has 1 amide bonds. The third kappa shape index (κ3) is 5.73. The highest BCUT2D eigenvalue weighted by Gasteiger charge is 2.31. The lowest BCUT2D eigenvalue weighted by Gasteiger charge is -2.33. The molecule has 7 nitrogen and oxygen atoms in total. The molecular weight excluding hydrogens is 408 g/mol. The van der Waals surface area contributed by atoms with Crippen LogP contribution < -0.4 is 14.9 Å². The summed E-state index contributed by atoms with van der Waals surface area (Å²) in [6, 6.07) is 16.8. The summed E-state index contributed by atoms with van der Waals surface area (Å²) in [5, 5.41) is 16.3. The van der Waals surface area contributed by atoms with Gasteiger partial charge in [-0.05, 0) is 42.5 Å². The van der Waals surface area contributed by atoms with Crippen molar-refractivity contribution in [1.82, 2.24) is 0 Å². The van der Waals surface area contributed by atoms with Gasteiger partial charge in [0.25, 0.3) is 5.91 Å². The highest BCUT2D eigenvalue weighted by Crippen LogP contribution is 2.35. The van der Waals surface area contributed by atoms with Crippen LogP contribution in [0, 0.1) is 11.8 Å². The molecule has 2 aliphatic heterocycles. The fourth-order valence-corrected chi connectivity index (χ4v) is 4.91. The summed E-state index contributed by atoms with van der Waals surface area (Å²) in [5.74, 6) is -2.39. The number of aryl methyl sites for hydroxylation is 2. The van der Waals surface area contributed by atoms with Crippen LogP contribution in [0.2, 0.25) is 0 Å². The van der Waals surface area contributed by atoms with E-state index in [0.29, 0.717) is 18.4 Å². The Morgan fingerprint density at radius 3 is 1.81 bits per heavy atom. The molecule has 2 aliphatic rings. The number of nitrogens with zero attached hydrogens (tertiary/aromatic N) is 1. The summed E-state index contributed by atoms with van der Waals surface area (Å²) in [6.45, 7) is 7.42. The predicted molar refractivity (Wildman–Crippen MR) is 119 cm³/mol. The first-order valence-corrected chi connectivity index (χ1v) is 11.0. The maximum atomic E-state index is 13.5. The van der Waals surface area contributed by atoms with Gasteiger partial charge in [-0.3, -0.25) is 9.69 Å². The van der Waals surface area contributed by atoms with Crippen LogP contribution in [0.4, 0.5) is 11.4 Å². The zero-order valence-corrected chi connectivity index (χ0v) is 18.5. The predicted octanol–water partition coefficient (Wildman–Crippen LogP) is 0.832. The van der Waals surface area contributed by atoms with Gasteiger partial charge in [-0.2, -0.15) is 0 Å². The number of carboxylic acids is 2. The molecule has 0 aliphatic carbocycles. The highest BCUT2D eigenvalue weighted by atomic mass is 16.4. The Balaban J connectivity index is 0.000000427. The van der Waals surface area contributed by atoms with E-state index >= 15 is 0 Å². The lowest BCUT2D eigenvalue weighted by molar-refractivity contribution is -0.904. The van der Waals surface area contributed by atoms with E-state index in [1.807, 2.05) is 17.0 Å². The first kappa shape index (κ1) is 23.5. The van der Waals surface area contributed by atoms with Crippen LogP contribution >= 0.6 is 0 Å². The Kier molecular flexibility index (Phi) is 7.64. The fraction of sp³-hybridized carbons (Fsp3) is 0.400. The number of carbonyl (C=O) groups is 3. The van der Waals surface area contributed by atoms with Crippen LogP contribution in [0.5, 0.6) is 0 Å². The van der Waals surface area contributed by atoms with Gasteiger partial charge in [-0.15, -0.1) is 0 Å². The summed E-state index contributed by atoms with van der Waals surface area (Å²) in [6.07, 6.45) is 3.26. The molecule has 2 unspecified atom stereocenters. The number of fused-ring (bicyclic) bond motifs is 2. The second kappa shape index (κ2) is 10.4. The van der Waals surface area contributed by atoms with E-state index in [9.17, 15) is 4.79 Å². The summed E-state index contributed by atoms with van der Waals surface area (Å²) >= 11 is 0. The molecule has 2 N–H and O–H groups in total. The maximum absolute atomic E-state index is 13.5. The van der Waals surface area contributed by atoms with E-state index in [4.69, 9.17) is 19.8 Å². The van der Waals surface area contributed by atoms with Crippen molar-refractivity contribution < 1.29 is 29.5 Å². The van der Waals surface area contributed by atoms with Crippen molar-refractivity contribution >= 4 is 29.2 Å². The van der Waals surface area contributed by atoms with Gasteiger partial charge in [0.1, 0.15) is 0 Å². The van der Waals surface area contributed by atoms with Crippen LogP contribution in [-0.4, -0.2) is 42.6 Å². The third-order valence-corrected chi connectivity index (χ3v) is 6.03. The van der Waals surface area contributed by atoms with E-state index in [-0.39, 0.29) is 5.91 Å². The topological polar surface area (TPSA) is 102 Å². The van der Waals surface area contributed by atoms with Crippen molar-refractivity contribution in [2.45, 2.75) is 33.1 Å². The fourth-order valence-electron chi connectivity index (χ4n) is 4.91. The van der Waals surface area contributed by atoms with E-state index < -0.39 is 11.9 Å². The number of aliphatic carboxylic acids is 2. The Bertz CT molecular complexity index is 920. The summed E-state index contributed by atoms with van der Waals surface area (Å²) in [4.78, 5) is 34.9. The molecule has 2 atom stereocenters. The molecule has 2 heterocycles. The van der Waals surface area contributed by atoms with E-state index in [1.54, 1.807) is 0 Å². The van der Waals surface area contributed by atoms with Crippen molar-refractivity contribution in [1.29, 1.82) is 0 Å². The number of rotatable bonds is 2. The zero-order valence-electron chi connectivity index (χ0n) is 18.5. The number of hydrogen-bond donors (Lipinski definition) is 2. The van der Waals surface area contributed by atoms with Crippen molar-refractivity contribution in [2.24, 2.45) is 11.8 Å². The molecule has 0 spiro atoms. The lowest BCUT2D eigenvalue weighted by atomic mass is 9.92. The quantitative estimate of drug-likeness (QED) is 0.677. The second-order valence-electron chi connectivity index (χ2n) is 8.86. The SMILES string of the molecule is CC1CC(C)C[NH+](CC(=O)N2c3ccccc3CCc3ccccc32)C1.O=C([O-])C(=O)O. The number of para-hydroxylation sites is 2. The van der Waals surface area contributed by atoms with Crippen LogP contribution in [-0.2, 0) is 27.2 Å². The number of carbonyl (C=O) groups excluding carboxylic acids is 2. The average Bonchev–Trinajstić information content (AvgIpc) is 2.90. The first-order chi connectivity index (χ1) is 15.3. The minimum absolute atomic E-state index is 0.225. The van der Waals surface area contributed by atoms with Crippen molar-refractivity contribution in [3.63, 3.8) is 0 Å². The van der Waals surface area contributed by atoms with E-state index in [2.05, 4.69) is 50.2 Å². The normalized spacial score (nSPS) is 21.8. The van der Waals surface area contributed by atoms with Crippen LogP contribution in [0.1, 0.15) is 31.4 Å². The van der Waals surface area contributed by atoms with Gasteiger partial charge in [0.05, 0.1) is 24.5 Å². The Morgan fingerprint density at radius 1 is 0.938 bits per heavy atom. The molecule has 2 aromatic carbocycles. The third-order valence-electron chi connectivity index (χ3n) is 6.03. The van der Waals surface area contributed by atoms with Crippen molar-refractivity contribution in [2.75, 3.05) is 24.5 Å². The van der Waals surface area contributed by atoms with Crippen LogP contribution in [0.15, 0.2) is 48.5 Å². The summed E-state index contributed by atoms with van der Waals surface area (Å²) in [5.41, 5.74) is 4.68. The minimum Gasteiger partial charge on any atom is -0.539 e. The van der Waals surface area contributed by atoms with Gasteiger partial charge in [0.2, 0.25) is 0 Å². The molecule has 7 heteroatoms. The zero-order chi connectivity index (χ0) is 23.3. The number of nitrogens with one attached hydrogen (secondary N) is 1.